The van der Waals surface area contributed by atoms with Gasteiger partial charge in [-0.25, -0.2) is 0 Å². The topological polar surface area (TPSA) is 50.4 Å². The Kier molecular flexibility index (Phi) is 7.23. The van der Waals surface area contributed by atoms with E-state index in [4.69, 9.17) is 4.74 Å². The normalized spacial score (nSPS) is 13.8. The van der Waals surface area contributed by atoms with Crippen LogP contribution in [0.15, 0.2) is 24.3 Å². The number of carbonyl (C=O) groups is 1. The molecule has 1 aromatic rings. The van der Waals surface area contributed by atoms with Gasteiger partial charge in [0.15, 0.2) is 0 Å². The van der Waals surface area contributed by atoms with Gasteiger partial charge < -0.3 is 15.4 Å². The predicted molar refractivity (Wildman–Crippen MR) is 86.7 cm³/mol. The van der Waals surface area contributed by atoms with Gasteiger partial charge in [-0.1, -0.05) is 32.9 Å². The van der Waals surface area contributed by atoms with Crippen LogP contribution in [0, 0.1) is 5.92 Å². The van der Waals surface area contributed by atoms with E-state index in [-0.39, 0.29) is 11.9 Å². The van der Waals surface area contributed by atoms with Crippen LogP contribution in [0.2, 0.25) is 0 Å². The highest BCUT2D eigenvalue weighted by Crippen LogP contribution is 2.19. The quantitative estimate of drug-likeness (QED) is 0.774. The Labute approximate surface area is 128 Å². The maximum absolute atomic E-state index is 11.9. The molecule has 0 heterocycles. The first-order valence-corrected chi connectivity index (χ1v) is 7.56. The van der Waals surface area contributed by atoms with Crippen LogP contribution in [-0.4, -0.2) is 32.7 Å². The summed E-state index contributed by atoms with van der Waals surface area (Å²) in [6.45, 7) is 7.19. The Morgan fingerprint density at radius 3 is 2.29 bits per heavy atom. The van der Waals surface area contributed by atoms with Crippen molar-refractivity contribution in [1.29, 1.82) is 0 Å². The summed E-state index contributed by atoms with van der Waals surface area (Å²) in [5.41, 5.74) is 1.24. The molecule has 0 spiro atoms. The average Bonchev–Trinajstić information content (AvgIpc) is 2.50. The van der Waals surface area contributed by atoms with Crippen LogP contribution in [0.4, 0.5) is 0 Å². The summed E-state index contributed by atoms with van der Waals surface area (Å²) in [6, 6.07) is 7.95. The molecule has 0 saturated heterocycles. The number of likely N-dealkylation sites (N-methyl/N-ethyl adjacent to an activating group) is 1. The Bertz CT molecular complexity index is 429. The lowest BCUT2D eigenvalue weighted by Crippen LogP contribution is -2.44. The van der Waals surface area contributed by atoms with E-state index in [9.17, 15) is 4.79 Å². The minimum absolute atomic E-state index is 0.0608. The Morgan fingerprint density at radius 1 is 1.19 bits per heavy atom. The Morgan fingerprint density at radius 2 is 1.81 bits per heavy atom. The molecule has 0 aliphatic carbocycles. The third-order valence-electron chi connectivity index (χ3n) is 3.63. The SMILES string of the molecule is CNC(=O)[C@H](CC(C)C)NCC(C)c1ccc(OC)cc1. The van der Waals surface area contributed by atoms with Gasteiger partial charge in [0.25, 0.3) is 0 Å². The molecule has 1 unspecified atom stereocenters. The van der Waals surface area contributed by atoms with Crippen molar-refractivity contribution in [1.82, 2.24) is 10.6 Å². The molecule has 21 heavy (non-hydrogen) atoms. The van der Waals surface area contributed by atoms with Crippen LogP contribution in [0.3, 0.4) is 0 Å². The number of amides is 1. The minimum atomic E-state index is -0.129. The Hall–Kier alpha value is -1.55. The summed E-state index contributed by atoms with van der Waals surface area (Å²) >= 11 is 0. The van der Waals surface area contributed by atoms with Crippen molar-refractivity contribution in [3.05, 3.63) is 29.8 Å². The number of nitrogens with one attached hydrogen (secondary N) is 2. The molecule has 2 N–H and O–H groups in total. The van der Waals surface area contributed by atoms with E-state index in [0.29, 0.717) is 11.8 Å². The molecule has 0 saturated carbocycles. The van der Waals surface area contributed by atoms with Gasteiger partial charge in [-0.2, -0.15) is 0 Å². The average molecular weight is 292 g/mol. The second kappa shape index (κ2) is 8.67. The first-order chi connectivity index (χ1) is 9.97. The smallest absolute Gasteiger partial charge is 0.236 e. The van der Waals surface area contributed by atoms with Gasteiger partial charge in [0, 0.05) is 13.6 Å². The first-order valence-electron chi connectivity index (χ1n) is 7.56. The highest BCUT2D eigenvalue weighted by molar-refractivity contribution is 5.81. The molecule has 0 aliphatic rings. The molecule has 1 amide bonds. The lowest BCUT2D eigenvalue weighted by Gasteiger charge is -2.21. The number of hydrogen-bond donors (Lipinski definition) is 2. The van der Waals surface area contributed by atoms with Crippen LogP contribution >= 0.6 is 0 Å². The third kappa shape index (κ3) is 5.76. The van der Waals surface area contributed by atoms with E-state index in [2.05, 4.69) is 43.5 Å². The zero-order valence-corrected chi connectivity index (χ0v) is 13.8. The molecule has 1 aromatic carbocycles. The summed E-state index contributed by atoms with van der Waals surface area (Å²) in [7, 11) is 3.35. The highest BCUT2D eigenvalue weighted by Gasteiger charge is 2.19. The van der Waals surface area contributed by atoms with Gasteiger partial charge in [-0.15, -0.1) is 0 Å². The molecule has 118 valence electrons. The van der Waals surface area contributed by atoms with Crippen molar-refractivity contribution in [3.63, 3.8) is 0 Å². The monoisotopic (exact) mass is 292 g/mol. The third-order valence-corrected chi connectivity index (χ3v) is 3.63. The van der Waals surface area contributed by atoms with Crippen molar-refractivity contribution in [2.75, 3.05) is 20.7 Å². The van der Waals surface area contributed by atoms with E-state index in [1.54, 1.807) is 14.2 Å². The lowest BCUT2D eigenvalue weighted by atomic mass is 9.99. The number of ether oxygens (including phenoxy) is 1. The summed E-state index contributed by atoms with van der Waals surface area (Å²) in [5, 5.41) is 6.12. The fourth-order valence-electron chi connectivity index (χ4n) is 2.30. The van der Waals surface area contributed by atoms with Gasteiger partial charge in [0.2, 0.25) is 5.91 Å². The Balaban J connectivity index is 2.58. The summed E-state index contributed by atoms with van der Waals surface area (Å²) < 4.78 is 5.17. The number of benzene rings is 1. The molecule has 2 atom stereocenters. The van der Waals surface area contributed by atoms with Gasteiger partial charge in [0.1, 0.15) is 5.75 Å². The molecule has 1 rings (SSSR count). The molecule has 0 fully saturated rings. The summed E-state index contributed by atoms with van der Waals surface area (Å²) in [4.78, 5) is 11.9. The predicted octanol–water partition coefficient (Wildman–Crippen LogP) is 2.55. The molecular weight excluding hydrogens is 264 g/mol. The lowest BCUT2D eigenvalue weighted by molar-refractivity contribution is -0.123. The second-order valence-electron chi connectivity index (χ2n) is 5.88. The van der Waals surface area contributed by atoms with E-state index < -0.39 is 0 Å². The molecule has 0 aliphatic heterocycles. The van der Waals surface area contributed by atoms with E-state index in [0.717, 1.165) is 18.7 Å². The van der Waals surface area contributed by atoms with E-state index in [1.807, 2.05) is 12.1 Å². The van der Waals surface area contributed by atoms with Crippen LogP contribution in [0.25, 0.3) is 0 Å². The van der Waals surface area contributed by atoms with Crippen LogP contribution in [0.5, 0.6) is 5.75 Å². The van der Waals surface area contributed by atoms with Crippen LogP contribution < -0.4 is 15.4 Å². The van der Waals surface area contributed by atoms with Crippen molar-refractivity contribution in [3.8, 4) is 5.75 Å². The van der Waals surface area contributed by atoms with Crippen LogP contribution in [-0.2, 0) is 4.79 Å². The van der Waals surface area contributed by atoms with Crippen molar-refractivity contribution in [2.45, 2.75) is 39.2 Å². The maximum Gasteiger partial charge on any atom is 0.236 e. The van der Waals surface area contributed by atoms with E-state index in [1.165, 1.54) is 5.56 Å². The molecule has 4 nitrogen and oxygen atoms in total. The highest BCUT2D eigenvalue weighted by atomic mass is 16.5. The van der Waals surface area contributed by atoms with Gasteiger partial charge >= 0.3 is 0 Å². The minimum Gasteiger partial charge on any atom is -0.497 e. The summed E-state index contributed by atoms with van der Waals surface area (Å²) in [6.07, 6.45) is 0.842. The zero-order chi connectivity index (χ0) is 15.8. The van der Waals surface area contributed by atoms with Gasteiger partial charge in [0.05, 0.1) is 13.2 Å². The molecule has 0 bridgehead atoms. The number of hydrogen-bond acceptors (Lipinski definition) is 3. The number of methoxy groups -OCH3 is 1. The fourth-order valence-corrected chi connectivity index (χ4v) is 2.30. The second-order valence-corrected chi connectivity index (χ2v) is 5.88. The van der Waals surface area contributed by atoms with Crippen LogP contribution in [0.1, 0.15) is 38.7 Å². The van der Waals surface area contributed by atoms with Crippen molar-refractivity contribution in [2.24, 2.45) is 5.92 Å². The first kappa shape index (κ1) is 17.5. The number of carbonyl (C=O) groups excluding carboxylic acids is 1. The fraction of sp³-hybridized carbons (Fsp3) is 0.588. The number of rotatable bonds is 8. The molecular formula is C17H28N2O2. The summed E-state index contributed by atoms with van der Waals surface area (Å²) in [5.74, 6) is 1.75. The standard InChI is InChI=1S/C17H28N2O2/c1-12(2)10-16(17(20)18-4)19-11-13(3)14-6-8-15(21-5)9-7-14/h6-9,12-13,16,19H,10-11H2,1-5H3,(H,18,20)/t13?,16-/m0/s1. The van der Waals surface area contributed by atoms with Crippen molar-refractivity contribution >= 4 is 5.91 Å². The zero-order valence-electron chi connectivity index (χ0n) is 13.8. The molecule has 0 radical (unpaired) electrons. The van der Waals surface area contributed by atoms with Gasteiger partial charge in [-0.3, -0.25) is 4.79 Å². The molecule has 4 heteroatoms. The van der Waals surface area contributed by atoms with Crippen molar-refractivity contribution < 1.29 is 9.53 Å². The molecule has 0 aromatic heterocycles. The van der Waals surface area contributed by atoms with E-state index >= 15 is 0 Å². The maximum atomic E-state index is 11.9. The largest absolute Gasteiger partial charge is 0.497 e. The van der Waals surface area contributed by atoms with Gasteiger partial charge in [-0.05, 0) is 36.0 Å².